The van der Waals surface area contributed by atoms with Crippen molar-refractivity contribution < 1.29 is 28.9 Å². The molecule has 7 heteroatoms. The second-order valence-corrected chi connectivity index (χ2v) is 5.28. The standard InChI is InChI=1S/C12H23NO6/c1-8(2)9(10(15)18-7-17-6-14)13-11(16)19-12(3,4)5/h8-9,14H,6-7H2,1-5H3,(H,13,16)/t9-/m0/s1. The van der Waals surface area contributed by atoms with Gasteiger partial charge >= 0.3 is 12.1 Å². The first kappa shape index (κ1) is 17.7. The molecule has 0 aliphatic carbocycles. The molecule has 1 amide bonds. The molecule has 112 valence electrons. The van der Waals surface area contributed by atoms with E-state index in [9.17, 15) is 9.59 Å². The maximum Gasteiger partial charge on any atom is 0.408 e. The first-order chi connectivity index (χ1) is 8.67. The number of carbonyl (C=O) groups excluding carboxylic acids is 2. The third-order valence-corrected chi connectivity index (χ3v) is 1.97. The van der Waals surface area contributed by atoms with E-state index in [2.05, 4.69) is 10.1 Å². The van der Waals surface area contributed by atoms with Crippen LogP contribution in [0.2, 0.25) is 0 Å². The van der Waals surface area contributed by atoms with Crippen molar-refractivity contribution in [1.29, 1.82) is 0 Å². The Balaban J connectivity index is 4.40. The molecule has 0 aromatic heterocycles. The van der Waals surface area contributed by atoms with Crippen LogP contribution in [0.1, 0.15) is 34.6 Å². The van der Waals surface area contributed by atoms with Gasteiger partial charge in [0.1, 0.15) is 18.4 Å². The number of ether oxygens (including phenoxy) is 3. The second kappa shape index (κ2) is 7.96. The Kier molecular flexibility index (Phi) is 7.40. The Morgan fingerprint density at radius 3 is 2.26 bits per heavy atom. The van der Waals surface area contributed by atoms with Crippen LogP contribution in [0, 0.1) is 5.92 Å². The third-order valence-electron chi connectivity index (χ3n) is 1.97. The molecule has 0 fully saturated rings. The van der Waals surface area contributed by atoms with Crippen molar-refractivity contribution >= 4 is 12.1 Å². The van der Waals surface area contributed by atoms with Gasteiger partial charge in [0.05, 0.1) is 0 Å². The van der Waals surface area contributed by atoms with E-state index in [1.807, 2.05) is 0 Å². The summed E-state index contributed by atoms with van der Waals surface area (Å²) in [7, 11) is 0. The average Bonchev–Trinajstić information content (AvgIpc) is 2.23. The molecule has 0 aromatic rings. The van der Waals surface area contributed by atoms with Crippen LogP contribution in [0.5, 0.6) is 0 Å². The molecule has 0 radical (unpaired) electrons. The van der Waals surface area contributed by atoms with Crippen LogP contribution in [-0.2, 0) is 19.0 Å². The van der Waals surface area contributed by atoms with E-state index >= 15 is 0 Å². The molecule has 19 heavy (non-hydrogen) atoms. The van der Waals surface area contributed by atoms with Crippen LogP contribution in [0.25, 0.3) is 0 Å². The Morgan fingerprint density at radius 1 is 1.26 bits per heavy atom. The molecule has 0 bridgehead atoms. The minimum Gasteiger partial charge on any atom is -0.444 e. The molecule has 0 rings (SSSR count). The van der Waals surface area contributed by atoms with Gasteiger partial charge in [-0.25, -0.2) is 9.59 Å². The zero-order chi connectivity index (χ0) is 15.1. The van der Waals surface area contributed by atoms with E-state index in [-0.39, 0.29) is 12.7 Å². The normalized spacial score (nSPS) is 13.0. The predicted octanol–water partition coefficient (Wildman–Crippen LogP) is 1.00. The number of hydrogen-bond acceptors (Lipinski definition) is 6. The van der Waals surface area contributed by atoms with Crippen LogP contribution < -0.4 is 5.32 Å². The highest BCUT2D eigenvalue weighted by Crippen LogP contribution is 2.09. The maximum atomic E-state index is 11.7. The number of aliphatic hydroxyl groups is 1. The fourth-order valence-corrected chi connectivity index (χ4v) is 1.16. The van der Waals surface area contributed by atoms with Crippen LogP contribution in [-0.4, -0.2) is 42.4 Å². The summed E-state index contributed by atoms with van der Waals surface area (Å²) in [5.41, 5.74) is -0.643. The molecule has 7 nitrogen and oxygen atoms in total. The fraction of sp³-hybridized carbons (Fsp3) is 0.833. The molecule has 0 saturated carbocycles. The van der Waals surface area contributed by atoms with Gasteiger partial charge in [0.15, 0.2) is 6.79 Å². The van der Waals surface area contributed by atoms with Crippen molar-refractivity contribution in [2.75, 3.05) is 13.6 Å². The van der Waals surface area contributed by atoms with Crippen molar-refractivity contribution in [3.8, 4) is 0 Å². The first-order valence-corrected chi connectivity index (χ1v) is 6.02. The molecular formula is C12H23NO6. The molecule has 0 saturated heterocycles. The Morgan fingerprint density at radius 2 is 1.84 bits per heavy atom. The molecule has 0 aliphatic rings. The minimum atomic E-state index is -0.836. The predicted molar refractivity (Wildman–Crippen MR) is 67.1 cm³/mol. The summed E-state index contributed by atoms with van der Waals surface area (Å²) in [6, 6.07) is -0.836. The molecule has 0 spiro atoms. The van der Waals surface area contributed by atoms with E-state index in [4.69, 9.17) is 14.6 Å². The number of nitrogens with one attached hydrogen (secondary N) is 1. The van der Waals surface area contributed by atoms with Crippen LogP contribution >= 0.6 is 0 Å². The first-order valence-electron chi connectivity index (χ1n) is 6.02. The molecular weight excluding hydrogens is 254 g/mol. The highest BCUT2D eigenvalue weighted by Gasteiger charge is 2.28. The van der Waals surface area contributed by atoms with E-state index in [1.54, 1.807) is 34.6 Å². The van der Waals surface area contributed by atoms with E-state index < -0.39 is 30.5 Å². The molecule has 1 atom stereocenters. The fourth-order valence-electron chi connectivity index (χ4n) is 1.16. The van der Waals surface area contributed by atoms with Gasteiger partial charge in [-0.15, -0.1) is 0 Å². The zero-order valence-corrected chi connectivity index (χ0v) is 12.1. The summed E-state index contributed by atoms with van der Waals surface area (Å²) in [5, 5.41) is 10.8. The summed E-state index contributed by atoms with van der Waals surface area (Å²) >= 11 is 0. The molecule has 2 N–H and O–H groups in total. The SMILES string of the molecule is CC(C)[C@H](NC(=O)OC(C)(C)C)C(=O)OCOCO. The quantitative estimate of drug-likeness (QED) is 0.427. The number of rotatable bonds is 6. The molecule has 0 heterocycles. The van der Waals surface area contributed by atoms with Gasteiger partial charge in [0, 0.05) is 0 Å². The number of carbonyl (C=O) groups is 2. The zero-order valence-electron chi connectivity index (χ0n) is 12.1. The smallest absolute Gasteiger partial charge is 0.408 e. The number of amides is 1. The minimum absolute atomic E-state index is 0.172. The van der Waals surface area contributed by atoms with Crippen molar-refractivity contribution in [3.05, 3.63) is 0 Å². The topological polar surface area (TPSA) is 94.1 Å². The van der Waals surface area contributed by atoms with Gasteiger partial charge in [-0.3, -0.25) is 0 Å². The maximum absolute atomic E-state index is 11.7. The van der Waals surface area contributed by atoms with Crippen molar-refractivity contribution in [3.63, 3.8) is 0 Å². The van der Waals surface area contributed by atoms with Gasteiger partial charge < -0.3 is 24.6 Å². The summed E-state index contributed by atoms with van der Waals surface area (Å²) < 4.78 is 14.3. The lowest BCUT2D eigenvalue weighted by molar-refractivity contribution is -0.166. The summed E-state index contributed by atoms with van der Waals surface area (Å²) in [5.74, 6) is -0.816. The summed E-state index contributed by atoms with van der Waals surface area (Å²) in [6.45, 7) is 7.79. The van der Waals surface area contributed by atoms with Gasteiger partial charge in [0.25, 0.3) is 0 Å². The number of hydrogen-bond donors (Lipinski definition) is 2. The van der Waals surface area contributed by atoms with Gasteiger partial charge in [-0.1, -0.05) is 13.8 Å². The Hall–Kier alpha value is -1.34. The van der Waals surface area contributed by atoms with E-state index in [0.717, 1.165) is 0 Å². The third kappa shape index (κ3) is 8.39. The van der Waals surface area contributed by atoms with E-state index in [1.165, 1.54) is 0 Å². The second-order valence-electron chi connectivity index (χ2n) is 5.28. The lowest BCUT2D eigenvalue weighted by Gasteiger charge is -2.24. The van der Waals surface area contributed by atoms with Crippen LogP contribution in [0.15, 0.2) is 0 Å². The Labute approximate surface area is 113 Å². The molecule has 0 aromatic carbocycles. The van der Waals surface area contributed by atoms with Gasteiger partial charge in [0.2, 0.25) is 0 Å². The summed E-state index contributed by atoms with van der Waals surface area (Å²) in [6.07, 6.45) is -0.689. The lowest BCUT2D eigenvalue weighted by atomic mass is 10.1. The lowest BCUT2D eigenvalue weighted by Crippen LogP contribution is -2.47. The van der Waals surface area contributed by atoms with Crippen molar-refractivity contribution in [2.45, 2.75) is 46.3 Å². The van der Waals surface area contributed by atoms with Gasteiger partial charge in [-0.2, -0.15) is 0 Å². The van der Waals surface area contributed by atoms with Gasteiger partial charge in [-0.05, 0) is 26.7 Å². The van der Waals surface area contributed by atoms with Crippen LogP contribution in [0.4, 0.5) is 4.79 Å². The largest absolute Gasteiger partial charge is 0.444 e. The van der Waals surface area contributed by atoms with Crippen molar-refractivity contribution in [2.24, 2.45) is 5.92 Å². The van der Waals surface area contributed by atoms with Crippen LogP contribution in [0.3, 0.4) is 0 Å². The molecule has 0 aliphatic heterocycles. The average molecular weight is 277 g/mol. The molecule has 0 unspecified atom stereocenters. The van der Waals surface area contributed by atoms with Crippen molar-refractivity contribution in [1.82, 2.24) is 5.32 Å². The number of alkyl carbamates (subject to hydrolysis) is 1. The number of aliphatic hydroxyl groups excluding tert-OH is 1. The summed E-state index contributed by atoms with van der Waals surface area (Å²) in [4.78, 5) is 23.3. The van der Waals surface area contributed by atoms with E-state index in [0.29, 0.717) is 0 Å². The monoisotopic (exact) mass is 277 g/mol. The highest BCUT2D eigenvalue weighted by atomic mass is 16.7. The highest BCUT2D eigenvalue weighted by molar-refractivity contribution is 5.81. The Bertz CT molecular complexity index is 297. The number of esters is 1.